The van der Waals surface area contributed by atoms with E-state index in [1.807, 2.05) is 43.3 Å². The second-order valence-electron chi connectivity index (χ2n) is 5.59. The average molecular weight is 355 g/mol. The van der Waals surface area contributed by atoms with Crippen molar-refractivity contribution in [3.8, 4) is 5.82 Å². The van der Waals surface area contributed by atoms with Crippen molar-refractivity contribution in [3.05, 3.63) is 41.2 Å². The van der Waals surface area contributed by atoms with Crippen molar-refractivity contribution < 1.29 is 9.42 Å². The van der Waals surface area contributed by atoms with E-state index in [9.17, 15) is 4.79 Å². The predicted molar refractivity (Wildman–Crippen MR) is 94.2 cm³/mol. The number of nitrogens with two attached hydrogens (primary N) is 1. The highest BCUT2D eigenvalue weighted by atomic mass is 16.6. The van der Waals surface area contributed by atoms with Gasteiger partial charge in [0.25, 0.3) is 5.91 Å². The van der Waals surface area contributed by atoms with Crippen LogP contribution in [0.2, 0.25) is 0 Å². The lowest BCUT2D eigenvalue weighted by Crippen LogP contribution is -2.22. The Labute approximate surface area is 148 Å². The molecule has 1 aromatic carbocycles. The van der Waals surface area contributed by atoms with Crippen LogP contribution in [0.3, 0.4) is 0 Å². The van der Waals surface area contributed by atoms with Crippen molar-refractivity contribution in [2.45, 2.75) is 6.92 Å². The van der Waals surface area contributed by atoms with Crippen molar-refractivity contribution >= 4 is 23.6 Å². The van der Waals surface area contributed by atoms with Crippen molar-refractivity contribution in [3.63, 3.8) is 0 Å². The lowest BCUT2D eigenvalue weighted by Gasteiger charge is -2.11. The number of nitrogens with one attached hydrogen (secondary N) is 1. The van der Waals surface area contributed by atoms with Gasteiger partial charge in [0.2, 0.25) is 11.6 Å². The third-order valence-electron chi connectivity index (χ3n) is 3.54. The summed E-state index contributed by atoms with van der Waals surface area (Å²) in [7, 11) is 3.92. The molecule has 0 fully saturated rings. The van der Waals surface area contributed by atoms with Crippen molar-refractivity contribution in [1.29, 1.82) is 0 Å². The van der Waals surface area contributed by atoms with E-state index in [-0.39, 0.29) is 17.3 Å². The Hall–Kier alpha value is -3.76. The normalized spacial score (nSPS) is 11.0. The Morgan fingerprint density at radius 2 is 2.04 bits per heavy atom. The van der Waals surface area contributed by atoms with Crippen LogP contribution in [0.5, 0.6) is 0 Å². The van der Waals surface area contributed by atoms with Gasteiger partial charge in [-0.3, -0.25) is 4.79 Å². The standard InChI is InChI=1S/C15H17N9O2/c1-9-12(24(22-18-9)14-13(16)20-26-21-14)15(25)19-17-8-10-4-6-11(7-5-10)23(2)3/h4-8H,1-3H3,(H2,16,20)(H,19,25)/b17-8+. The SMILES string of the molecule is Cc1nnn(-c2nonc2N)c1C(=O)N/N=C/c1ccc(N(C)C)cc1. The third-order valence-corrected chi connectivity index (χ3v) is 3.54. The molecule has 0 bridgehead atoms. The Bertz CT molecular complexity index is 940. The lowest BCUT2D eigenvalue weighted by molar-refractivity contribution is 0.0946. The van der Waals surface area contributed by atoms with Crippen LogP contribution in [0, 0.1) is 6.92 Å². The minimum absolute atomic E-state index is 0.00608. The number of nitrogens with zero attached hydrogens (tertiary/aromatic N) is 7. The molecule has 26 heavy (non-hydrogen) atoms. The maximum atomic E-state index is 12.4. The zero-order valence-electron chi connectivity index (χ0n) is 14.4. The Kier molecular flexibility index (Phi) is 4.60. The summed E-state index contributed by atoms with van der Waals surface area (Å²) in [5, 5.41) is 18.7. The van der Waals surface area contributed by atoms with Gasteiger partial charge in [0.15, 0.2) is 5.69 Å². The third kappa shape index (κ3) is 3.36. The Morgan fingerprint density at radius 1 is 1.31 bits per heavy atom. The molecule has 3 N–H and O–H groups in total. The van der Waals surface area contributed by atoms with Gasteiger partial charge in [-0.05, 0) is 34.9 Å². The monoisotopic (exact) mass is 355 g/mol. The van der Waals surface area contributed by atoms with Crippen LogP contribution in [-0.2, 0) is 0 Å². The van der Waals surface area contributed by atoms with Gasteiger partial charge in [-0.15, -0.1) is 5.10 Å². The smallest absolute Gasteiger partial charge is 0.292 e. The van der Waals surface area contributed by atoms with Gasteiger partial charge in [0.05, 0.1) is 11.9 Å². The fraction of sp³-hybridized carbons (Fsp3) is 0.200. The highest BCUT2D eigenvalue weighted by Gasteiger charge is 2.22. The molecule has 3 rings (SSSR count). The fourth-order valence-electron chi connectivity index (χ4n) is 2.18. The number of aryl methyl sites for hydroxylation is 1. The molecule has 1 amide bonds. The van der Waals surface area contributed by atoms with Gasteiger partial charge in [0.1, 0.15) is 0 Å². The minimum Gasteiger partial charge on any atom is -0.378 e. The number of amides is 1. The second kappa shape index (κ2) is 7.01. The van der Waals surface area contributed by atoms with Crippen molar-refractivity contribution in [2.24, 2.45) is 5.10 Å². The predicted octanol–water partition coefficient (Wildman–Crippen LogP) is 0.371. The maximum Gasteiger partial charge on any atom is 0.292 e. The number of carbonyl (C=O) groups excluding carboxylic acids is 1. The van der Waals surface area contributed by atoms with Gasteiger partial charge in [0, 0.05) is 19.8 Å². The van der Waals surface area contributed by atoms with E-state index in [4.69, 9.17) is 5.73 Å². The van der Waals surface area contributed by atoms with Gasteiger partial charge in [-0.2, -0.15) is 9.78 Å². The number of rotatable bonds is 5. The Morgan fingerprint density at radius 3 is 2.65 bits per heavy atom. The number of hydrazone groups is 1. The average Bonchev–Trinajstić information content (AvgIpc) is 3.20. The van der Waals surface area contributed by atoms with Crippen LogP contribution in [0.25, 0.3) is 5.82 Å². The molecule has 11 nitrogen and oxygen atoms in total. The summed E-state index contributed by atoms with van der Waals surface area (Å²) in [6.07, 6.45) is 1.53. The quantitative estimate of drug-likeness (QED) is 0.494. The number of nitrogen functional groups attached to an aromatic ring is 1. The largest absolute Gasteiger partial charge is 0.378 e. The Balaban J connectivity index is 1.75. The van der Waals surface area contributed by atoms with Gasteiger partial charge >= 0.3 is 0 Å². The molecule has 0 saturated heterocycles. The number of aromatic nitrogens is 5. The molecule has 0 spiro atoms. The summed E-state index contributed by atoms with van der Waals surface area (Å²) in [5.41, 5.74) is 10.5. The molecule has 0 saturated carbocycles. The molecular weight excluding hydrogens is 338 g/mol. The van der Waals surface area contributed by atoms with E-state index in [0.717, 1.165) is 15.9 Å². The number of carbonyl (C=O) groups is 1. The minimum atomic E-state index is -0.518. The maximum absolute atomic E-state index is 12.4. The van der Waals surface area contributed by atoms with Crippen LogP contribution in [0.1, 0.15) is 21.7 Å². The summed E-state index contributed by atoms with van der Waals surface area (Å²) in [5.74, 6) is -0.441. The topological polar surface area (TPSA) is 140 Å². The molecule has 0 radical (unpaired) electrons. The fourth-order valence-corrected chi connectivity index (χ4v) is 2.18. The number of hydrogen-bond donors (Lipinski definition) is 2. The molecule has 0 atom stereocenters. The number of anilines is 2. The molecule has 11 heteroatoms. The first-order valence-electron chi connectivity index (χ1n) is 7.59. The van der Waals surface area contributed by atoms with Crippen molar-refractivity contribution in [2.75, 3.05) is 24.7 Å². The molecule has 3 aromatic rings. The van der Waals surface area contributed by atoms with E-state index in [0.29, 0.717) is 5.69 Å². The lowest BCUT2D eigenvalue weighted by atomic mass is 10.2. The molecule has 0 unspecified atom stereocenters. The van der Waals surface area contributed by atoms with Gasteiger partial charge in [-0.1, -0.05) is 17.3 Å². The van der Waals surface area contributed by atoms with Crippen LogP contribution in [0.4, 0.5) is 11.5 Å². The summed E-state index contributed by atoms with van der Waals surface area (Å²) < 4.78 is 5.68. The van der Waals surface area contributed by atoms with Gasteiger partial charge < -0.3 is 10.6 Å². The summed E-state index contributed by atoms with van der Waals surface area (Å²) in [6, 6.07) is 7.69. The van der Waals surface area contributed by atoms with Crippen LogP contribution < -0.4 is 16.1 Å². The first-order valence-corrected chi connectivity index (χ1v) is 7.59. The molecule has 0 aliphatic carbocycles. The van der Waals surface area contributed by atoms with E-state index in [2.05, 4.69) is 35.8 Å². The molecular formula is C15H17N9O2. The van der Waals surface area contributed by atoms with E-state index >= 15 is 0 Å². The zero-order chi connectivity index (χ0) is 18.7. The summed E-state index contributed by atoms with van der Waals surface area (Å²) in [4.78, 5) is 14.4. The van der Waals surface area contributed by atoms with Crippen molar-refractivity contribution in [1.82, 2.24) is 30.7 Å². The second-order valence-corrected chi connectivity index (χ2v) is 5.59. The van der Waals surface area contributed by atoms with E-state index in [1.54, 1.807) is 6.92 Å². The van der Waals surface area contributed by atoms with Crippen LogP contribution in [-0.4, -0.2) is 51.5 Å². The zero-order valence-corrected chi connectivity index (χ0v) is 14.4. The summed E-state index contributed by atoms with van der Waals surface area (Å²) in [6.45, 7) is 1.63. The highest BCUT2D eigenvalue weighted by Crippen LogP contribution is 2.15. The van der Waals surface area contributed by atoms with E-state index < -0.39 is 5.91 Å². The van der Waals surface area contributed by atoms with Crippen LogP contribution in [0.15, 0.2) is 34.0 Å². The molecule has 2 aromatic heterocycles. The number of hydrogen-bond acceptors (Lipinski definition) is 9. The first kappa shape index (κ1) is 17.1. The molecule has 2 heterocycles. The first-order chi connectivity index (χ1) is 12.5. The molecule has 0 aliphatic heterocycles. The number of benzene rings is 1. The van der Waals surface area contributed by atoms with Gasteiger partial charge in [-0.25, -0.2) is 10.1 Å². The summed E-state index contributed by atoms with van der Waals surface area (Å²) >= 11 is 0. The highest BCUT2D eigenvalue weighted by molar-refractivity contribution is 5.94. The van der Waals surface area contributed by atoms with E-state index in [1.165, 1.54) is 6.21 Å². The van der Waals surface area contributed by atoms with Crippen LogP contribution >= 0.6 is 0 Å². The molecule has 0 aliphatic rings. The molecule has 134 valence electrons.